The van der Waals surface area contributed by atoms with Gasteiger partial charge in [0.25, 0.3) is 12.0 Å². The van der Waals surface area contributed by atoms with Gasteiger partial charge in [0.05, 0.1) is 22.8 Å². The van der Waals surface area contributed by atoms with Crippen molar-refractivity contribution in [2.24, 2.45) is 0 Å². The normalized spacial score (nSPS) is 11.8. The first-order valence-electron chi connectivity index (χ1n) is 7.09. The van der Waals surface area contributed by atoms with Crippen LogP contribution < -0.4 is 16.0 Å². The number of aromatic nitrogens is 2. The molecular weight excluding hydrogens is 386 g/mol. The van der Waals surface area contributed by atoms with Crippen LogP contribution in [0.1, 0.15) is 38.3 Å². The maximum absolute atomic E-state index is 13.7. The second-order valence-corrected chi connectivity index (χ2v) is 7.03. The number of hydrogen-bond acceptors (Lipinski definition) is 3. The number of hydrogen-bond donors (Lipinski definition) is 1. The third kappa shape index (κ3) is 3.28. The van der Waals surface area contributed by atoms with Gasteiger partial charge in [-0.15, -0.1) is 0 Å². The molecule has 0 aliphatic rings. The molecule has 0 bridgehead atoms. The van der Waals surface area contributed by atoms with Crippen LogP contribution in [-0.4, -0.2) is 16.7 Å². The number of benzene rings is 1. The van der Waals surface area contributed by atoms with E-state index < -0.39 is 23.1 Å². The molecule has 0 unspecified atom stereocenters. The minimum atomic E-state index is -2.85. The average Bonchev–Trinajstić information content (AvgIpc) is 2.44. The first-order chi connectivity index (χ1) is 11.1. The van der Waals surface area contributed by atoms with Crippen molar-refractivity contribution in [3.05, 3.63) is 54.8 Å². The Kier molecular flexibility index (Phi) is 4.98. The molecule has 0 amide bonds. The SMILES string of the molecule is COc1c(C(C)(C)C)cc(-n2ccc(=O)[nH]c2=O)c(C(F)F)c1Br. The van der Waals surface area contributed by atoms with Gasteiger partial charge in [0.1, 0.15) is 5.75 Å². The van der Waals surface area contributed by atoms with E-state index in [1.807, 2.05) is 20.8 Å². The molecule has 0 atom stereocenters. The van der Waals surface area contributed by atoms with Crippen molar-refractivity contribution < 1.29 is 13.5 Å². The van der Waals surface area contributed by atoms with E-state index in [0.717, 1.165) is 10.6 Å². The molecule has 2 rings (SSSR count). The molecule has 5 nitrogen and oxygen atoms in total. The van der Waals surface area contributed by atoms with Crippen molar-refractivity contribution in [2.75, 3.05) is 7.11 Å². The smallest absolute Gasteiger partial charge is 0.332 e. The number of aromatic amines is 1. The highest BCUT2D eigenvalue weighted by molar-refractivity contribution is 9.10. The van der Waals surface area contributed by atoms with Crippen molar-refractivity contribution in [3.8, 4) is 11.4 Å². The fourth-order valence-electron chi connectivity index (χ4n) is 2.40. The Bertz CT molecular complexity index is 882. The Balaban J connectivity index is 2.96. The predicted octanol–water partition coefficient (Wildman–Crippen LogP) is 3.53. The zero-order valence-corrected chi connectivity index (χ0v) is 15.2. The number of H-pyrrole nitrogens is 1. The molecule has 0 fully saturated rings. The van der Waals surface area contributed by atoms with Crippen LogP contribution in [0.2, 0.25) is 0 Å². The van der Waals surface area contributed by atoms with Crippen molar-refractivity contribution in [1.82, 2.24) is 9.55 Å². The molecule has 1 N–H and O–H groups in total. The second-order valence-electron chi connectivity index (χ2n) is 6.23. The summed E-state index contributed by atoms with van der Waals surface area (Å²) < 4.78 is 33.7. The summed E-state index contributed by atoms with van der Waals surface area (Å²) in [5.74, 6) is 0.291. The first-order valence-corrected chi connectivity index (χ1v) is 7.88. The van der Waals surface area contributed by atoms with Crippen molar-refractivity contribution >= 4 is 15.9 Å². The van der Waals surface area contributed by atoms with Crippen LogP contribution in [0.25, 0.3) is 5.69 Å². The van der Waals surface area contributed by atoms with Gasteiger partial charge in [-0.2, -0.15) is 0 Å². The van der Waals surface area contributed by atoms with Crippen molar-refractivity contribution in [2.45, 2.75) is 32.6 Å². The number of ether oxygens (including phenoxy) is 1. The molecule has 0 saturated heterocycles. The Hall–Kier alpha value is -1.96. The van der Waals surface area contributed by atoms with Gasteiger partial charge < -0.3 is 4.74 Å². The molecule has 1 aromatic heterocycles. The summed E-state index contributed by atoms with van der Waals surface area (Å²) in [6.07, 6.45) is -1.68. The third-order valence-electron chi connectivity index (χ3n) is 3.55. The lowest BCUT2D eigenvalue weighted by atomic mass is 9.85. The molecular formula is C16H17BrF2N2O3. The Morgan fingerprint density at radius 3 is 2.38 bits per heavy atom. The quantitative estimate of drug-likeness (QED) is 0.853. The molecule has 24 heavy (non-hydrogen) atoms. The second kappa shape index (κ2) is 6.51. The largest absolute Gasteiger partial charge is 0.495 e. The molecule has 130 valence electrons. The maximum Gasteiger partial charge on any atom is 0.332 e. The minimum absolute atomic E-state index is 0.0103. The Morgan fingerprint density at radius 1 is 1.29 bits per heavy atom. The Labute approximate surface area is 145 Å². The molecule has 0 aliphatic heterocycles. The fourth-order valence-corrected chi connectivity index (χ4v) is 3.16. The molecule has 2 aromatic rings. The van der Waals surface area contributed by atoms with Gasteiger partial charge in [0.2, 0.25) is 0 Å². The number of rotatable bonds is 3. The number of methoxy groups -OCH3 is 1. The third-order valence-corrected chi connectivity index (χ3v) is 4.34. The lowest BCUT2D eigenvalue weighted by Gasteiger charge is -2.26. The van der Waals surface area contributed by atoms with Gasteiger partial charge >= 0.3 is 5.69 Å². The van der Waals surface area contributed by atoms with Crippen LogP contribution in [0.3, 0.4) is 0 Å². The van der Waals surface area contributed by atoms with Crippen LogP contribution in [-0.2, 0) is 5.41 Å². The Morgan fingerprint density at radius 2 is 1.92 bits per heavy atom. The highest BCUT2D eigenvalue weighted by Gasteiger charge is 2.29. The number of nitrogens with zero attached hydrogens (tertiary/aromatic N) is 1. The van der Waals surface area contributed by atoms with Gasteiger partial charge in [-0.3, -0.25) is 14.3 Å². The molecule has 0 aliphatic carbocycles. The fraction of sp³-hybridized carbons (Fsp3) is 0.375. The van der Waals surface area contributed by atoms with E-state index in [9.17, 15) is 18.4 Å². The molecule has 8 heteroatoms. The predicted molar refractivity (Wildman–Crippen MR) is 90.6 cm³/mol. The van der Waals surface area contributed by atoms with E-state index in [2.05, 4.69) is 20.9 Å². The molecule has 1 heterocycles. The zero-order valence-electron chi connectivity index (χ0n) is 13.6. The van der Waals surface area contributed by atoms with E-state index in [1.165, 1.54) is 19.4 Å². The zero-order chi connectivity index (χ0) is 18.2. The highest BCUT2D eigenvalue weighted by atomic mass is 79.9. The summed E-state index contributed by atoms with van der Waals surface area (Å²) in [4.78, 5) is 25.4. The van der Waals surface area contributed by atoms with Crippen molar-refractivity contribution in [1.29, 1.82) is 0 Å². The van der Waals surface area contributed by atoms with E-state index in [4.69, 9.17) is 4.74 Å². The van der Waals surface area contributed by atoms with Crippen LogP contribution >= 0.6 is 15.9 Å². The van der Waals surface area contributed by atoms with Crippen LogP contribution in [0, 0.1) is 0 Å². The molecule has 0 saturated carbocycles. The summed E-state index contributed by atoms with van der Waals surface area (Å²) in [5.41, 5.74) is -1.55. The molecule has 0 radical (unpaired) electrons. The van der Waals surface area contributed by atoms with E-state index in [-0.39, 0.29) is 15.7 Å². The van der Waals surface area contributed by atoms with Gasteiger partial charge in [-0.05, 0) is 27.4 Å². The highest BCUT2D eigenvalue weighted by Crippen LogP contribution is 2.44. The van der Waals surface area contributed by atoms with Gasteiger partial charge in [-0.1, -0.05) is 20.8 Å². The number of nitrogens with one attached hydrogen (secondary N) is 1. The summed E-state index contributed by atoms with van der Waals surface area (Å²) in [7, 11) is 1.40. The number of alkyl halides is 2. The topological polar surface area (TPSA) is 64.1 Å². The van der Waals surface area contributed by atoms with Gasteiger partial charge in [0, 0.05) is 17.8 Å². The van der Waals surface area contributed by atoms with Crippen molar-refractivity contribution in [3.63, 3.8) is 0 Å². The van der Waals surface area contributed by atoms with E-state index in [0.29, 0.717) is 11.3 Å². The minimum Gasteiger partial charge on any atom is -0.495 e. The van der Waals surface area contributed by atoms with E-state index in [1.54, 1.807) is 0 Å². The lowest BCUT2D eigenvalue weighted by molar-refractivity contribution is 0.149. The summed E-state index contributed by atoms with van der Waals surface area (Å²) >= 11 is 3.18. The monoisotopic (exact) mass is 402 g/mol. The summed E-state index contributed by atoms with van der Waals surface area (Å²) in [6.45, 7) is 5.70. The van der Waals surface area contributed by atoms with Gasteiger partial charge in [-0.25, -0.2) is 13.6 Å². The lowest BCUT2D eigenvalue weighted by Crippen LogP contribution is -2.28. The van der Waals surface area contributed by atoms with E-state index >= 15 is 0 Å². The standard InChI is InChI=1S/C16H17BrF2N2O3/c1-16(2,3)8-7-9(21-6-5-10(22)20-15(21)23)11(14(18)19)12(17)13(8)24-4/h5-7,14H,1-4H3,(H,20,22,23). The summed E-state index contributed by atoms with van der Waals surface area (Å²) in [6, 6.07) is 2.59. The van der Waals surface area contributed by atoms with Crippen LogP contribution in [0.15, 0.2) is 32.4 Å². The first kappa shape index (κ1) is 18.4. The molecule has 1 aromatic carbocycles. The number of halogens is 3. The van der Waals surface area contributed by atoms with Crippen LogP contribution in [0.4, 0.5) is 8.78 Å². The van der Waals surface area contributed by atoms with Gasteiger partial charge in [0.15, 0.2) is 0 Å². The summed E-state index contributed by atoms with van der Waals surface area (Å²) in [5, 5.41) is 0. The maximum atomic E-state index is 13.7. The average molecular weight is 403 g/mol. The molecule has 0 spiro atoms. The van der Waals surface area contributed by atoms with Crippen LogP contribution in [0.5, 0.6) is 5.75 Å².